The minimum atomic E-state index is -0.629. The maximum atomic E-state index is 12.8. The molecule has 0 bridgehead atoms. The molecular formula is C23H17NO4. The minimum Gasteiger partial charge on any atom is -0.507 e. The SMILES string of the molecule is Cn1c(=O)c(C(=O)/C=C/c2c(O)ccc3ccccc23)c(O)c2ccccc21. The highest BCUT2D eigenvalue weighted by molar-refractivity contribution is 6.12. The highest BCUT2D eigenvalue weighted by Crippen LogP contribution is 2.29. The quantitative estimate of drug-likeness (QED) is 0.421. The molecule has 4 rings (SSSR count). The van der Waals surface area contributed by atoms with Crippen molar-refractivity contribution in [2.75, 3.05) is 0 Å². The van der Waals surface area contributed by atoms with Gasteiger partial charge in [0, 0.05) is 18.0 Å². The van der Waals surface area contributed by atoms with Crippen molar-refractivity contribution >= 4 is 33.5 Å². The molecule has 3 aromatic carbocycles. The summed E-state index contributed by atoms with van der Waals surface area (Å²) in [6.45, 7) is 0. The first-order valence-corrected chi connectivity index (χ1v) is 8.73. The van der Waals surface area contributed by atoms with Crippen LogP contribution in [0.25, 0.3) is 27.8 Å². The standard InChI is InChI=1S/C23H17NO4/c1-24-18-9-5-4-8-17(18)22(27)21(23(24)28)20(26)13-11-16-15-7-3-2-6-14(15)10-12-19(16)25/h2-13,25,27H,1H3/b13-11+. The van der Waals surface area contributed by atoms with E-state index in [1.807, 2.05) is 24.3 Å². The van der Waals surface area contributed by atoms with Gasteiger partial charge in [0.1, 0.15) is 17.1 Å². The van der Waals surface area contributed by atoms with Crippen molar-refractivity contribution in [3.05, 3.63) is 88.2 Å². The van der Waals surface area contributed by atoms with Gasteiger partial charge in [-0.3, -0.25) is 9.59 Å². The van der Waals surface area contributed by atoms with Gasteiger partial charge in [-0.1, -0.05) is 42.5 Å². The molecule has 0 aliphatic rings. The molecule has 0 spiro atoms. The van der Waals surface area contributed by atoms with Crippen molar-refractivity contribution < 1.29 is 15.0 Å². The third-order valence-electron chi connectivity index (χ3n) is 4.87. The summed E-state index contributed by atoms with van der Waals surface area (Å²) >= 11 is 0. The van der Waals surface area contributed by atoms with Crippen LogP contribution in [-0.4, -0.2) is 20.6 Å². The van der Waals surface area contributed by atoms with Gasteiger partial charge >= 0.3 is 0 Å². The van der Waals surface area contributed by atoms with Crippen LogP contribution in [0, 0.1) is 0 Å². The number of phenolic OH excluding ortho intramolecular Hbond substituents is 1. The first kappa shape index (κ1) is 17.5. The molecule has 0 aliphatic heterocycles. The topological polar surface area (TPSA) is 79.5 Å². The molecule has 0 unspecified atom stereocenters. The fourth-order valence-electron chi connectivity index (χ4n) is 3.40. The molecule has 1 aromatic heterocycles. The van der Waals surface area contributed by atoms with Gasteiger partial charge in [-0.15, -0.1) is 0 Å². The Kier molecular flexibility index (Phi) is 4.20. The molecule has 0 fully saturated rings. The normalized spacial score (nSPS) is 11.5. The predicted molar refractivity (Wildman–Crippen MR) is 110 cm³/mol. The number of rotatable bonds is 3. The number of ketones is 1. The highest BCUT2D eigenvalue weighted by atomic mass is 16.3. The zero-order valence-electron chi connectivity index (χ0n) is 15.1. The molecule has 0 atom stereocenters. The number of carbonyl (C=O) groups excluding carboxylic acids is 1. The lowest BCUT2D eigenvalue weighted by atomic mass is 10.0. The second kappa shape index (κ2) is 6.70. The van der Waals surface area contributed by atoms with E-state index in [9.17, 15) is 19.8 Å². The van der Waals surface area contributed by atoms with Gasteiger partial charge in [0.15, 0.2) is 5.78 Å². The summed E-state index contributed by atoms with van der Waals surface area (Å²) in [4.78, 5) is 25.4. The predicted octanol–water partition coefficient (Wildman–Crippen LogP) is 4.00. The summed E-state index contributed by atoms with van der Waals surface area (Å²) in [7, 11) is 1.56. The molecular weight excluding hydrogens is 354 g/mol. The van der Waals surface area contributed by atoms with Gasteiger partial charge in [0.25, 0.3) is 5.56 Å². The number of aromatic nitrogens is 1. The van der Waals surface area contributed by atoms with Crippen LogP contribution in [0.15, 0.2) is 71.5 Å². The Bertz CT molecular complexity index is 1330. The molecule has 5 nitrogen and oxygen atoms in total. The summed E-state index contributed by atoms with van der Waals surface area (Å²) in [6.07, 6.45) is 2.67. The molecule has 0 saturated carbocycles. The zero-order chi connectivity index (χ0) is 19.8. The Labute approximate surface area is 160 Å². The average molecular weight is 371 g/mol. The number of benzene rings is 3. The molecule has 0 aliphatic carbocycles. The largest absolute Gasteiger partial charge is 0.507 e. The van der Waals surface area contributed by atoms with Crippen molar-refractivity contribution in [1.82, 2.24) is 4.57 Å². The lowest BCUT2D eigenvalue weighted by Gasteiger charge is -2.10. The van der Waals surface area contributed by atoms with Gasteiger partial charge in [-0.2, -0.15) is 0 Å². The Morgan fingerprint density at radius 2 is 1.61 bits per heavy atom. The number of aromatic hydroxyl groups is 2. The number of carbonyl (C=O) groups is 1. The van der Waals surface area contributed by atoms with Crippen LogP contribution in [-0.2, 0) is 7.05 Å². The van der Waals surface area contributed by atoms with Gasteiger partial charge in [0.05, 0.1) is 5.52 Å². The van der Waals surface area contributed by atoms with Crippen LogP contribution in [0.3, 0.4) is 0 Å². The lowest BCUT2D eigenvalue weighted by Crippen LogP contribution is -2.24. The van der Waals surface area contributed by atoms with Crippen LogP contribution < -0.4 is 5.56 Å². The van der Waals surface area contributed by atoms with Crippen LogP contribution in [0.5, 0.6) is 11.5 Å². The van der Waals surface area contributed by atoms with E-state index in [0.717, 1.165) is 10.8 Å². The number of hydrogen-bond donors (Lipinski definition) is 2. The van der Waals surface area contributed by atoms with E-state index in [0.29, 0.717) is 16.5 Å². The molecule has 5 heteroatoms. The number of aryl methyl sites for hydroxylation is 1. The van der Waals surface area contributed by atoms with E-state index >= 15 is 0 Å². The van der Waals surface area contributed by atoms with E-state index in [1.54, 1.807) is 43.4 Å². The van der Waals surface area contributed by atoms with Gasteiger partial charge in [-0.25, -0.2) is 0 Å². The summed E-state index contributed by atoms with van der Waals surface area (Å²) < 4.78 is 1.34. The van der Waals surface area contributed by atoms with Crippen LogP contribution >= 0.6 is 0 Å². The van der Waals surface area contributed by atoms with E-state index < -0.39 is 11.3 Å². The fourth-order valence-corrected chi connectivity index (χ4v) is 3.40. The van der Waals surface area contributed by atoms with Crippen molar-refractivity contribution in [2.45, 2.75) is 0 Å². The summed E-state index contributed by atoms with van der Waals surface area (Å²) in [6, 6.07) is 17.6. The number of fused-ring (bicyclic) bond motifs is 2. The number of allylic oxidation sites excluding steroid dienone is 1. The molecule has 0 saturated heterocycles. The molecule has 2 N–H and O–H groups in total. The molecule has 0 amide bonds. The highest BCUT2D eigenvalue weighted by Gasteiger charge is 2.19. The second-order valence-electron chi connectivity index (χ2n) is 6.52. The third kappa shape index (κ3) is 2.74. The lowest BCUT2D eigenvalue weighted by molar-refractivity contribution is 0.104. The van der Waals surface area contributed by atoms with E-state index in [1.165, 1.54) is 16.7 Å². The van der Waals surface area contributed by atoms with Gasteiger partial charge in [0.2, 0.25) is 0 Å². The number of para-hydroxylation sites is 1. The number of hydrogen-bond acceptors (Lipinski definition) is 4. The minimum absolute atomic E-state index is 0.0263. The van der Waals surface area contributed by atoms with Crippen molar-refractivity contribution in [3.63, 3.8) is 0 Å². The Balaban J connectivity index is 1.85. The Hall–Kier alpha value is -3.86. The Morgan fingerprint density at radius 1 is 0.929 bits per heavy atom. The maximum absolute atomic E-state index is 12.8. The van der Waals surface area contributed by atoms with E-state index in [-0.39, 0.29) is 17.1 Å². The second-order valence-corrected chi connectivity index (χ2v) is 6.52. The van der Waals surface area contributed by atoms with Crippen molar-refractivity contribution in [1.29, 1.82) is 0 Å². The van der Waals surface area contributed by atoms with Crippen LogP contribution in [0.1, 0.15) is 15.9 Å². The fraction of sp³-hybridized carbons (Fsp3) is 0.0435. The summed E-state index contributed by atoms with van der Waals surface area (Å²) in [5, 5.41) is 22.9. The first-order valence-electron chi connectivity index (χ1n) is 8.73. The number of phenols is 1. The van der Waals surface area contributed by atoms with E-state index in [4.69, 9.17) is 0 Å². The monoisotopic (exact) mass is 371 g/mol. The van der Waals surface area contributed by atoms with Gasteiger partial charge < -0.3 is 14.8 Å². The average Bonchev–Trinajstić information content (AvgIpc) is 2.71. The molecule has 28 heavy (non-hydrogen) atoms. The Morgan fingerprint density at radius 3 is 2.39 bits per heavy atom. The van der Waals surface area contributed by atoms with Crippen LogP contribution in [0.2, 0.25) is 0 Å². The number of pyridine rings is 1. The number of nitrogens with zero attached hydrogens (tertiary/aromatic N) is 1. The van der Waals surface area contributed by atoms with E-state index in [2.05, 4.69) is 0 Å². The van der Waals surface area contributed by atoms with Gasteiger partial charge in [-0.05, 0) is 41.1 Å². The smallest absolute Gasteiger partial charge is 0.265 e. The maximum Gasteiger partial charge on any atom is 0.265 e. The molecule has 0 radical (unpaired) electrons. The summed E-state index contributed by atoms with van der Waals surface area (Å²) in [5.74, 6) is -0.940. The first-order chi connectivity index (χ1) is 13.5. The molecule has 4 aromatic rings. The molecule has 1 heterocycles. The molecule has 138 valence electrons. The third-order valence-corrected chi connectivity index (χ3v) is 4.87. The van der Waals surface area contributed by atoms with Crippen molar-refractivity contribution in [3.8, 4) is 11.5 Å². The van der Waals surface area contributed by atoms with Crippen LogP contribution in [0.4, 0.5) is 0 Å². The summed E-state index contributed by atoms with van der Waals surface area (Å²) in [5.41, 5.74) is 0.144. The zero-order valence-corrected chi connectivity index (χ0v) is 15.1. The van der Waals surface area contributed by atoms with Crippen molar-refractivity contribution in [2.24, 2.45) is 7.05 Å².